The number of para-hydroxylation sites is 2. The molecule has 1 amide bonds. The van der Waals surface area contributed by atoms with Crippen molar-refractivity contribution in [2.45, 2.75) is 13.0 Å². The van der Waals surface area contributed by atoms with E-state index in [1.807, 2.05) is 48.7 Å². The van der Waals surface area contributed by atoms with Crippen LogP contribution in [0.25, 0.3) is 10.9 Å². The van der Waals surface area contributed by atoms with E-state index in [1.165, 1.54) is 18.2 Å². The number of nitrogens with one attached hydrogen (secondary N) is 1. The van der Waals surface area contributed by atoms with Crippen molar-refractivity contribution in [3.05, 3.63) is 99.7 Å². The highest BCUT2D eigenvalue weighted by Gasteiger charge is 2.20. The van der Waals surface area contributed by atoms with Gasteiger partial charge >= 0.3 is 5.97 Å². The van der Waals surface area contributed by atoms with E-state index < -0.39 is 5.97 Å². The fraction of sp³-hybridized carbons (Fsp3) is 0.154. The molecule has 0 radical (unpaired) electrons. The number of ether oxygens (including phenoxy) is 1. The standard InChI is InChI=1S/C26H22Cl2N2O4/c27-21-9-3-1-6-18(21)15-30(13-12-17-14-29-23-11-4-2-7-19(17)23)24(31)16-34-25-20(26(32)33)8-5-10-22(25)28/h1-11,14,29H,12-13,15-16H2,(H,32,33). The number of amides is 1. The first kappa shape index (κ1) is 23.7. The zero-order chi connectivity index (χ0) is 24.1. The fourth-order valence-electron chi connectivity index (χ4n) is 3.77. The highest BCUT2D eigenvalue weighted by Crippen LogP contribution is 2.29. The first-order chi connectivity index (χ1) is 16.4. The molecule has 0 spiro atoms. The maximum Gasteiger partial charge on any atom is 0.339 e. The number of aromatic nitrogens is 1. The van der Waals surface area contributed by atoms with Gasteiger partial charge in [-0.15, -0.1) is 0 Å². The van der Waals surface area contributed by atoms with Gasteiger partial charge in [-0.2, -0.15) is 0 Å². The van der Waals surface area contributed by atoms with E-state index in [0.29, 0.717) is 24.5 Å². The molecule has 34 heavy (non-hydrogen) atoms. The molecular formula is C26H22Cl2N2O4. The van der Waals surface area contributed by atoms with Gasteiger partial charge in [0, 0.05) is 35.2 Å². The van der Waals surface area contributed by atoms with Gasteiger partial charge in [0.1, 0.15) is 5.56 Å². The average Bonchev–Trinajstić information content (AvgIpc) is 3.24. The Morgan fingerprint density at radius 1 is 0.912 bits per heavy atom. The maximum atomic E-state index is 13.2. The van der Waals surface area contributed by atoms with E-state index in [0.717, 1.165) is 22.0 Å². The summed E-state index contributed by atoms with van der Waals surface area (Å²) in [4.78, 5) is 29.6. The summed E-state index contributed by atoms with van der Waals surface area (Å²) in [6.07, 6.45) is 2.56. The monoisotopic (exact) mass is 496 g/mol. The van der Waals surface area contributed by atoms with E-state index >= 15 is 0 Å². The molecule has 1 aromatic heterocycles. The summed E-state index contributed by atoms with van der Waals surface area (Å²) in [6, 6.07) is 19.7. The van der Waals surface area contributed by atoms with Crippen LogP contribution in [0.5, 0.6) is 5.75 Å². The molecular weight excluding hydrogens is 475 g/mol. The van der Waals surface area contributed by atoms with Crippen LogP contribution in [0, 0.1) is 0 Å². The van der Waals surface area contributed by atoms with Gasteiger partial charge in [0.15, 0.2) is 12.4 Å². The van der Waals surface area contributed by atoms with Gasteiger partial charge in [0.05, 0.1) is 5.02 Å². The van der Waals surface area contributed by atoms with Crippen molar-refractivity contribution in [2.24, 2.45) is 0 Å². The number of carboxylic acids is 1. The van der Waals surface area contributed by atoms with Crippen LogP contribution in [0.2, 0.25) is 10.0 Å². The summed E-state index contributed by atoms with van der Waals surface area (Å²) in [7, 11) is 0. The fourth-order valence-corrected chi connectivity index (χ4v) is 4.19. The van der Waals surface area contributed by atoms with Crippen LogP contribution in [0.4, 0.5) is 0 Å². The lowest BCUT2D eigenvalue weighted by Crippen LogP contribution is -2.36. The average molecular weight is 497 g/mol. The number of carbonyl (C=O) groups is 2. The molecule has 0 aliphatic rings. The molecule has 0 aliphatic carbocycles. The summed E-state index contributed by atoms with van der Waals surface area (Å²) in [5.74, 6) is -1.52. The lowest BCUT2D eigenvalue weighted by Gasteiger charge is -2.24. The highest BCUT2D eigenvalue weighted by atomic mass is 35.5. The van der Waals surface area contributed by atoms with Crippen molar-refractivity contribution in [3.63, 3.8) is 0 Å². The van der Waals surface area contributed by atoms with E-state index in [9.17, 15) is 14.7 Å². The Balaban J connectivity index is 1.53. The van der Waals surface area contributed by atoms with Crippen molar-refractivity contribution in [3.8, 4) is 5.75 Å². The van der Waals surface area contributed by atoms with Crippen molar-refractivity contribution in [1.29, 1.82) is 0 Å². The summed E-state index contributed by atoms with van der Waals surface area (Å²) in [5.41, 5.74) is 2.83. The number of H-pyrrole nitrogens is 1. The zero-order valence-electron chi connectivity index (χ0n) is 18.1. The Hall–Kier alpha value is -3.48. The number of hydrogen-bond acceptors (Lipinski definition) is 3. The number of carbonyl (C=O) groups excluding carboxylic acids is 1. The summed E-state index contributed by atoms with van der Waals surface area (Å²) >= 11 is 12.5. The molecule has 4 rings (SSSR count). The van der Waals surface area contributed by atoms with Crippen LogP contribution in [0.15, 0.2) is 72.9 Å². The maximum absolute atomic E-state index is 13.2. The number of aromatic carboxylic acids is 1. The minimum Gasteiger partial charge on any atom is -0.481 e. The van der Waals surface area contributed by atoms with Crippen LogP contribution < -0.4 is 4.74 Å². The molecule has 2 N–H and O–H groups in total. The zero-order valence-corrected chi connectivity index (χ0v) is 19.6. The second-order valence-electron chi connectivity index (χ2n) is 7.73. The van der Waals surface area contributed by atoms with Gasteiger partial charge in [-0.1, -0.05) is 65.7 Å². The second-order valence-corrected chi connectivity index (χ2v) is 8.54. The molecule has 0 aliphatic heterocycles. The SMILES string of the molecule is O=C(O)c1cccc(Cl)c1OCC(=O)N(CCc1c[nH]c2ccccc12)Cc1ccccc1Cl. The van der Waals surface area contributed by atoms with Crippen molar-refractivity contribution in [1.82, 2.24) is 9.88 Å². The van der Waals surface area contributed by atoms with Crippen LogP contribution >= 0.6 is 23.2 Å². The Labute approximate surface area is 206 Å². The number of fused-ring (bicyclic) bond motifs is 1. The van der Waals surface area contributed by atoms with Crippen molar-refractivity contribution in [2.75, 3.05) is 13.2 Å². The lowest BCUT2D eigenvalue weighted by atomic mass is 10.1. The third kappa shape index (κ3) is 5.35. The summed E-state index contributed by atoms with van der Waals surface area (Å²) in [5, 5.41) is 11.2. The van der Waals surface area contributed by atoms with Gasteiger partial charge in [0.25, 0.3) is 5.91 Å². The topological polar surface area (TPSA) is 82.6 Å². The number of carboxylic acid groups (broad SMARTS) is 1. The molecule has 0 bridgehead atoms. The molecule has 4 aromatic rings. The first-order valence-corrected chi connectivity index (χ1v) is 11.4. The Bertz CT molecular complexity index is 1340. The Morgan fingerprint density at radius 3 is 2.44 bits per heavy atom. The summed E-state index contributed by atoms with van der Waals surface area (Å²) in [6.45, 7) is 0.352. The van der Waals surface area contributed by atoms with Crippen LogP contribution in [-0.2, 0) is 17.8 Å². The molecule has 6 nitrogen and oxygen atoms in total. The third-order valence-corrected chi connectivity index (χ3v) is 6.20. The molecule has 0 unspecified atom stereocenters. The smallest absolute Gasteiger partial charge is 0.339 e. The van der Waals surface area contributed by atoms with Crippen molar-refractivity contribution >= 4 is 46.0 Å². The van der Waals surface area contributed by atoms with Gasteiger partial charge < -0.3 is 19.7 Å². The van der Waals surface area contributed by atoms with Crippen LogP contribution in [0.3, 0.4) is 0 Å². The molecule has 0 saturated heterocycles. The predicted molar refractivity (Wildman–Crippen MR) is 133 cm³/mol. The molecule has 0 atom stereocenters. The number of nitrogens with zero attached hydrogens (tertiary/aromatic N) is 1. The van der Waals surface area contributed by atoms with Gasteiger partial charge in [-0.25, -0.2) is 4.79 Å². The molecule has 0 fully saturated rings. The van der Waals surface area contributed by atoms with E-state index in [1.54, 1.807) is 11.0 Å². The Morgan fingerprint density at radius 2 is 1.65 bits per heavy atom. The van der Waals surface area contributed by atoms with E-state index in [4.69, 9.17) is 27.9 Å². The number of hydrogen-bond donors (Lipinski definition) is 2. The third-order valence-electron chi connectivity index (χ3n) is 5.54. The molecule has 0 saturated carbocycles. The van der Waals surface area contributed by atoms with Crippen molar-refractivity contribution < 1.29 is 19.4 Å². The molecule has 174 valence electrons. The minimum atomic E-state index is -1.18. The van der Waals surface area contributed by atoms with Crippen LogP contribution in [-0.4, -0.2) is 40.0 Å². The van der Waals surface area contributed by atoms with Gasteiger partial charge in [-0.05, 0) is 41.8 Å². The second kappa shape index (κ2) is 10.6. The van der Waals surface area contributed by atoms with E-state index in [-0.39, 0.29) is 28.8 Å². The highest BCUT2D eigenvalue weighted by molar-refractivity contribution is 6.32. The quantitative estimate of drug-likeness (QED) is 0.305. The first-order valence-electron chi connectivity index (χ1n) is 10.6. The number of halogens is 2. The number of rotatable bonds is 9. The molecule has 3 aromatic carbocycles. The minimum absolute atomic E-state index is 0.0284. The van der Waals surface area contributed by atoms with Gasteiger partial charge in [-0.3, -0.25) is 4.79 Å². The van der Waals surface area contributed by atoms with Crippen LogP contribution in [0.1, 0.15) is 21.5 Å². The summed E-state index contributed by atoms with van der Waals surface area (Å²) < 4.78 is 5.60. The number of aromatic amines is 1. The van der Waals surface area contributed by atoms with E-state index in [2.05, 4.69) is 4.98 Å². The Kier molecular flexibility index (Phi) is 7.40. The number of benzene rings is 3. The van der Waals surface area contributed by atoms with Gasteiger partial charge in [0.2, 0.25) is 0 Å². The lowest BCUT2D eigenvalue weighted by molar-refractivity contribution is -0.134. The molecule has 1 heterocycles. The predicted octanol–water partition coefficient (Wildman–Crippen LogP) is 5.82. The largest absolute Gasteiger partial charge is 0.481 e. The molecule has 8 heteroatoms. The normalized spacial score (nSPS) is 10.9.